The number of nitrogens with one attached hydrogen (secondary N) is 1. The van der Waals surface area contributed by atoms with Crippen LogP contribution < -0.4 is 15.8 Å². The number of hydrogen-bond donors (Lipinski definition) is 1. The lowest BCUT2D eigenvalue weighted by Gasteiger charge is -2.07. The zero-order chi connectivity index (χ0) is 20.4. The number of nitrogens with zero attached hydrogens (tertiary/aromatic N) is 2. The van der Waals surface area contributed by atoms with Crippen molar-refractivity contribution in [1.29, 1.82) is 0 Å². The van der Waals surface area contributed by atoms with E-state index >= 15 is 0 Å². The molecule has 0 bridgehead atoms. The highest BCUT2D eigenvalue weighted by Crippen LogP contribution is 2.31. The second-order valence-electron chi connectivity index (χ2n) is 5.90. The second-order valence-corrected chi connectivity index (χ2v) is 7.61. The van der Waals surface area contributed by atoms with Crippen molar-refractivity contribution in [3.05, 3.63) is 73.9 Å². The Bertz CT molecular complexity index is 1280. The van der Waals surface area contributed by atoms with Crippen molar-refractivity contribution in [3.63, 3.8) is 0 Å². The number of thiazole rings is 1. The van der Waals surface area contributed by atoms with E-state index in [9.17, 15) is 4.79 Å². The molecule has 0 amide bonds. The molecule has 0 spiro atoms. The number of rotatable bonds is 5. The first-order valence-corrected chi connectivity index (χ1v) is 9.99. The van der Waals surface area contributed by atoms with Gasteiger partial charge in [0.1, 0.15) is 11.3 Å². The number of hydrogen-bond acceptors (Lipinski definition) is 7. The van der Waals surface area contributed by atoms with Crippen LogP contribution in [0.2, 0.25) is 10.0 Å². The molecule has 0 aliphatic heterocycles. The number of benzene rings is 2. The molecule has 0 atom stereocenters. The molecule has 2 heterocycles. The van der Waals surface area contributed by atoms with Crippen molar-refractivity contribution in [1.82, 2.24) is 4.98 Å². The first kappa shape index (κ1) is 19.4. The van der Waals surface area contributed by atoms with Crippen molar-refractivity contribution in [3.8, 4) is 17.0 Å². The lowest BCUT2D eigenvalue weighted by Crippen LogP contribution is -2.02. The summed E-state index contributed by atoms with van der Waals surface area (Å²) in [4.78, 5) is 16.7. The van der Waals surface area contributed by atoms with E-state index in [-0.39, 0.29) is 0 Å². The Labute approximate surface area is 179 Å². The summed E-state index contributed by atoms with van der Waals surface area (Å²) in [5.41, 5.74) is 4.44. The molecule has 0 saturated carbocycles. The Kier molecular flexibility index (Phi) is 5.53. The van der Waals surface area contributed by atoms with Gasteiger partial charge in [0.15, 0.2) is 0 Å². The Morgan fingerprint density at radius 3 is 2.90 bits per heavy atom. The van der Waals surface area contributed by atoms with Gasteiger partial charge >= 0.3 is 5.63 Å². The van der Waals surface area contributed by atoms with Gasteiger partial charge < -0.3 is 9.15 Å². The molecule has 2 aromatic heterocycles. The van der Waals surface area contributed by atoms with Crippen LogP contribution in [-0.4, -0.2) is 18.3 Å². The van der Waals surface area contributed by atoms with Gasteiger partial charge in [0, 0.05) is 21.4 Å². The van der Waals surface area contributed by atoms with E-state index in [0.717, 1.165) is 5.39 Å². The first-order chi connectivity index (χ1) is 14.0. The SMILES string of the molecule is COc1c(Cl)cc(Cl)cc1/C=N\Nc1nc(-c2cc3ccccc3oc2=O)cs1. The van der Waals surface area contributed by atoms with Gasteiger partial charge in [-0.1, -0.05) is 41.4 Å². The zero-order valence-corrected chi connectivity index (χ0v) is 17.3. The average molecular weight is 446 g/mol. The van der Waals surface area contributed by atoms with E-state index in [0.29, 0.717) is 43.3 Å². The monoisotopic (exact) mass is 445 g/mol. The lowest BCUT2D eigenvalue weighted by atomic mass is 10.1. The van der Waals surface area contributed by atoms with E-state index in [1.54, 1.807) is 29.6 Å². The highest BCUT2D eigenvalue weighted by molar-refractivity contribution is 7.14. The Balaban J connectivity index is 1.57. The average Bonchev–Trinajstić information content (AvgIpc) is 3.16. The van der Waals surface area contributed by atoms with Crippen molar-refractivity contribution in [2.45, 2.75) is 0 Å². The van der Waals surface area contributed by atoms with Crippen LogP contribution in [-0.2, 0) is 0 Å². The Morgan fingerprint density at radius 2 is 2.07 bits per heavy atom. The third-order valence-electron chi connectivity index (χ3n) is 4.03. The van der Waals surface area contributed by atoms with Crippen LogP contribution in [0.3, 0.4) is 0 Å². The van der Waals surface area contributed by atoms with E-state index < -0.39 is 5.63 Å². The summed E-state index contributed by atoms with van der Waals surface area (Å²) in [6.07, 6.45) is 1.53. The summed E-state index contributed by atoms with van der Waals surface area (Å²) in [6, 6.07) is 12.4. The van der Waals surface area contributed by atoms with Gasteiger partial charge in [-0.2, -0.15) is 5.10 Å². The number of aromatic nitrogens is 1. The topological polar surface area (TPSA) is 76.7 Å². The molecule has 2 aromatic carbocycles. The number of fused-ring (bicyclic) bond motifs is 1. The van der Waals surface area contributed by atoms with Crippen LogP contribution in [0.4, 0.5) is 5.13 Å². The van der Waals surface area contributed by atoms with Crippen LogP contribution in [0.25, 0.3) is 22.2 Å². The first-order valence-electron chi connectivity index (χ1n) is 8.36. The van der Waals surface area contributed by atoms with Crippen molar-refractivity contribution < 1.29 is 9.15 Å². The summed E-state index contributed by atoms with van der Waals surface area (Å²) >= 11 is 13.5. The highest BCUT2D eigenvalue weighted by atomic mass is 35.5. The predicted molar refractivity (Wildman–Crippen MR) is 118 cm³/mol. The normalized spacial score (nSPS) is 11.3. The van der Waals surface area contributed by atoms with Crippen LogP contribution in [0.1, 0.15) is 5.56 Å². The van der Waals surface area contributed by atoms with Gasteiger partial charge in [0.25, 0.3) is 0 Å². The number of para-hydroxylation sites is 1. The van der Waals surface area contributed by atoms with Crippen LogP contribution in [0.15, 0.2) is 62.2 Å². The van der Waals surface area contributed by atoms with Crippen LogP contribution >= 0.6 is 34.5 Å². The molecule has 29 heavy (non-hydrogen) atoms. The number of hydrazone groups is 1. The fourth-order valence-corrected chi connectivity index (χ4v) is 3.98. The molecule has 4 aromatic rings. The molecule has 6 nitrogen and oxygen atoms in total. The predicted octanol–water partition coefficient (Wildman–Crippen LogP) is 5.68. The molecule has 4 rings (SSSR count). The fourth-order valence-electron chi connectivity index (χ4n) is 2.74. The maximum Gasteiger partial charge on any atom is 0.345 e. The quantitative estimate of drug-likeness (QED) is 0.243. The highest BCUT2D eigenvalue weighted by Gasteiger charge is 2.12. The van der Waals surface area contributed by atoms with Crippen molar-refractivity contribution in [2.24, 2.45) is 5.10 Å². The third kappa shape index (κ3) is 4.12. The molecule has 146 valence electrons. The van der Waals surface area contributed by atoms with Gasteiger partial charge in [-0.25, -0.2) is 9.78 Å². The summed E-state index contributed by atoms with van der Waals surface area (Å²) in [6.45, 7) is 0. The number of ether oxygens (including phenoxy) is 1. The summed E-state index contributed by atoms with van der Waals surface area (Å²) < 4.78 is 10.6. The summed E-state index contributed by atoms with van der Waals surface area (Å²) in [7, 11) is 1.52. The summed E-state index contributed by atoms with van der Waals surface area (Å²) in [5, 5.41) is 8.11. The Hall–Kier alpha value is -2.87. The molecule has 0 saturated heterocycles. The number of anilines is 1. The summed E-state index contributed by atoms with van der Waals surface area (Å²) in [5.74, 6) is 0.468. The van der Waals surface area contributed by atoms with Gasteiger partial charge in [0.2, 0.25) is 5.13 Å². The second kappa shape index (κ2) is 8.24. The van der Waals surface area contributed by atoms with Crippen LogP contribution in [0.5, 0.6) is 5.75 Å². The zero-order valence-electron chi connectivity index (χ0n) is 15.0. The molecule has 1 N–H and O–H groups in total. The van der Waals surface area contributed by atoms with E-state index in [4.69, 9.17) is 32.4 Å². The van der Waals surface area contributed by atoms with Gasteiger partial charge in [0.05, 0.1) is 29.6 Å². The standard InChI is InChI=1S/C20H13Cl2N3O3S/c1-27-18-12(6-13(21)8-15(18)22)9-23-25-20-24-16(10-29-20)14-7-11-4-2-3-5-17(11)28-19(14)26/h2-10H,1H3,(H,24,25)/b23-9-. The van der Waals surface area contributed by atoms with Gasteiger partial charge in [-0.15, -0.1) is 11.3 Å². The van der Waals surface area contributed by atoms with E-state index in [2.05, 4.69) is 15.5 Å². The van der Waals surface area contributed by atoms with E-state index in [1.165, 1.54) is 24.7 Å². The minimum Gasteiger partial charge on any atom is -0.495 e. The lowest BCUT2D eigenvalue weighted by molar-refractivity contribution is 0.414. The molecule has 9 heteroatoms. The molecular formula is C20H13Cl2N3O3S. The van der Waals surface area contributed by atoms with Crippen molar-refractivity contribution in [2.75, 3.05) is 12.5 Å². The fraction of sp³-hybridized carbons (Fsp3) is 0.0500. The molecule has 0 fully saturated rings. The minimum absolute atomic E-state index is 0.389. The molecular weight excluding hydrogens is 433 g/mol. The number of halogens is 2. The molecule has 0 radical (unpaired) electrons. The smallest absolute Gasteiger partial charge is 0.345 e. The number of methoxy groups -OCH3 is 1. The van der Waals surface area contributed by atoms with Crippen molar-refractivity contribution >= 4 is 56.9 Å². The maximum atomic E-state index is 12.3. The van der Waals surface area contributed by atoms with E-state index in [1.807, 2.05) is 18.2 Å². The van der Waals surface area contributed by atoms with Gasteiger partial charge in [-0.05, 0) is 24.3 Å². The van der Waals surface area contributed by atoms with Crippen LogP contribution in [0, 0.1) is 0 Å². The Morgan fingerprint density at radius 1 is 1.24 bits per heavy atom. The molecule has 0 aliphatic rings. The third-order valence-corrected chi connectivity index (χ3v) is 5.27. The molecule has 0 unspecified atom stereocenters. The maximum absolute atomic E-state index is 12.3. The largest absolute Gasteiger partial charge is 0.495 e. The minimum atomic E-state index is -0.442. The van der Waals surface area contributed by atoms with Gasteiger partial charge in [-0.3, -0.25) is 5.43 Å². The molecule has 0 aliphatic carbocycles.